The highest BCUT2D eigenvalue weighted by Crippen LogP contribution is 2.12. The van der Waals surface area contributed by atoms with Gasteiger partial charge in [0.25, 0.3) is 5.91 Å². The first kappa shape index (κ1) is 14.2. The van der Waals surface area contributed by atoms with Crippen molar-refractivity contribution in [1.82, 2.24) is 4.90 Å². The molecule has 0 aromatic heterocycles. The van der Waals surface area contributed by atoms with Gasteiger partial charge in [-0.05, 0) is 32.4 Å². The normalized spacial score (nSPS) is 10.0. The Bertz CT molecular complexity index is 454. The first-order valence-electron chi connectivity index (χ1n) is 5.94. The number of hydrogen-bond acceptors (Lipinski definition) is 3. The van der Waals surface area contributed by atoms with Crippen molar-refractivity contribution >= 4 is 11.9 Å². The molecule has 1 amide bonds. The Kier molecular flexibility index (Phi) is 4.89. The summed E-state index contributed by atoms with van der Waals surface area (Å²) in [4.78, 5) is 24.9. The molecule has 0 fully saturated rings. The number of rotatable bonds is 4. The van der Waals surface area contributed by atoms with Gasteiger partial charge in [0, 0.05) is 12.6 Å². The second-order valence-corrected chi connectivity index (χ2v) is 4.28. The molecule has 0 aliphatic rings. The van der Waals surface area contributed by atoms with Gasteiger partial charge in [0.15, 0.2) is 0 Å². The van der Waals surface area contributed by atoms with Crippen molar-refractivity contribution in [1.29, 1.82) is 0 Å². The zero-order valence-electron chi connectivity index (χ0n) is 11.3. The van der Waals surface area contributed by atoms with E-state index in [2.05, 4.69) is 0 Å². The highest BCUT2D eigenvalue weighted by molar-refractivity contribution is 5.97. The Morgan fingerprint density at radius 1 is 1.28 bits per heavy atom. The van der Waals surface area contributed by atoms with Crippen molar-refractivity contribution in [2.45, 2.75) is 20.8 Å². The molecule has 1 aromatic rings. The third-order valence-electron chi connectivity index (χ3n) is 2.64. The predicted octanol–water partition coefficient (Wildman–Crippen LogP) is 1.94. The summed E-state index contributed by atoms with van der Waals surface area (Å²) in [5.41, 5.74) is 2.55. The van der Waals surface area contributed by atoms with Gasteiger partial charge in [0.1, 0.15) is 6.54 Å². The number of ether oxygens (including phenoxy) is 1. The second-order valence-electron chi connectivity index (χ2n) is 4.28. The lowest BCUT2D eigenvalue weighted by molar-refractivity contribution is -0.143. The third kappa shape index (κ3) is 3.58. The molecule has 0 atom stereocenters. The maximum absolute atomic E-state index is 12.2. The molecule has 0 saturated carbocycles. The first-order valence-corrected chi connectivity index (χ1v) is 5.94. The summed E-state index contributed by atoms with van der Waals surface area (Å²) in [7, 11) is 1.60. The predicted molar refractivity (Wildman–Crippen MR) is 69.5 cm³/mol. The van der Waals surface area contributed by atoms with Crippen LogP contribution >= 0.6 is 0 Å². The second kappa shape index (κ2) is 6.19. The number of hydrogen-bond donors (Lipinski definition) is 0. The van der Waals surface area contributed by atoms with E-state index in [4.69, 9.17) is 4.74 Å². The summed E-state index contributed by atoms with van der Waals surface area (Å²) in [6.07, 6.45) is 0. The van der Waals surface area contributed by atoms with Crippen LogP contribution in [0.1, 0.15) is 28.4 Å². The summed E-state index contributed by atoms with van der Waals surface area (Å²) in [6.45, 7) is 5.85. The van der Waals surface area contributed by atoms with E-state index in [0.29, 0.717) is 12.2 Å². The summed E-state index contributed by atoms with van der Waals surface area (Å²) < 4.78 is 4.82. The van der Waals surface area contributed by atoms with Crippen molar-refractivity contribution in [2.75, 3.05) is 20.2 Å². The molecule has 4 heteroatoms. The number of carbonyl (C=O) groups is 2. The van der Waals surface area contributed by atoms with Crippen LogP contribution in [0.5, 0.6) is 0 Å². The van der Waals surface area contributed by atoms with Crippen molar-refractivity contribution in [3.8, 4) is 0 Å². The Morgan fingerprint density at radius 2 is 1.94 bits per heavy atom. The van der Waals surface area contributed by atoms with E-state index in [1.54, 1.807) is 14.0 Å². The van der Waals surface area contributed by atoms with E-state index >= 15 is 0 Å². The largest absolute Gasteiger partial charge is 0.465 e. The van der Waals surface area contributed by atoms with E-state index in [1.165, 1.54) is 4.90 Å². The third-order valence-corrected chi connectivity index (χ3v) is 2.64. The maximum atomic E-state index is 12.2. The van der Waals surface area contributed by atoms with Gasteiger partial charge < -0.3 is 9.64 Å². The molecule has 4 nitrogen and oxygen atoms in total. The average Bonchev–Trinajstić information content (AvgIpc) is 2.31. The fraction of sp³-hybridized carbons (Fsp3) is 0.429. The van der Waals surface area contributed by atoms with Crippen molar-refractivity contribution in [3.05, 3.63) is 34.9 Å². The topological polar surface area (TPSA) is 46.6 Å². The van der Waals surface area contributed by atoms with Gasteiger partial charge in [0.05, 0.1) is 6.61 Å². The molecular weight excluding hydrogens is 230 g/mol. The molecule has 18 heavy (non-hydrogen) atoms. The fourth-order valence-electron chi connectivity index (χ4n) is 1.64. The van der Waals surface area contributed by atoms with E-state index in [-0.39, 0.29) is 12.5 Å². The van der Waals surface area contributed by atoms with E-state index < -0.39 is 5.97 Å². The fourth-order valence-corrected chi connectivity index (χ4v) is 1.64. The van der Waals surface area contributed by atoms with Gasteiger partial charge in [-0.15, -0.1) is 0 Å². The molecule has 1 rings (SSSR count). The molecule has 0 aliphatic carbocycles. The van der Waals surface area contributed by atoms with Gasteiger partial charge in [-0.2, -0.15) is 0 Å². The standard InChI is InChI=1S/C14H19NO3/c1-5-18-13(16)9-15(4)14(17)12-8-10(2)6-7-11(12)3/h6-8H,5,9H2,1-4H3. The van der Waals surface area contributed by atoms with Crippen molar-refractivity contribution in [2.24, 2.45) is 0 Å². The molecule has 0 heterocycles. The van der Waals surface area contributed by atoms with Gasteiger partial charge >= 0.3 is 5.97 Å². The van der Waals surface area contributed by atoms with Gasteiger partial charge in [0.2, 0.25) is 0 Å². The summed E-state index contributed by atoms with van der Waals surface area (Å²) in [5, 5.41) is 0. The summed E-state index contributed by atoms with van der Waals surface area (Å²) in [5.74, 6) is -0.553. The average molecular weight is 249 g/mol. The quantitative estimate of drug-likeness (QED) is 0.766. The van der Waals surface area contributed by atoms with E-state index in [1.807, 2.05) is 32.0 Å². The lowest BCUT2D eigenvalue weighted by atomic mass is 10.0. The number of nitrogens with zero attached hydrogens (tertiary/aromatic N) is 1. The minimum Gasteiger partial charge on any atom is -0.465 e. The lowest BCUT2D eigenvalue weighted by Crippen LogP contribution is -2.33. The zero-order valence-corrected chi connectivity index (χ0v) is 11.3. The highest BCUT2D eigenvalue weighted by atomic mass is 16.5. The summed E-state index contributed by atoms with van der Waals surface area (Å²) in [6, 6.07) is 5.69. The maximum Gasteiger partial charge on any atom is 0.325 e. The monoisotopic (exact) mass is 249 g/mol. The van der Waals surface area contributed by atoms with Crippen molar-refractivity contribution in [3.63, 3.8) is 0 Å². The number of likely N-dealkylation sites (N-methyl/N-ethyl adjacent to an activating group) is 1. The number of aryl methyl sites for hydroxylation is 2. The van der Waals surface area contributed by atoms with Gasteiger partial charge in [-0.25, -0.2) is 0 Å². The van der Waals surface area contributed by atoms with Crippen LogP contribution in [0.25, 0.3) is 0 Å². The molecule has 98 valence electrons. The number of esters is 1. The van der Waals surface area contributed by atoms with Gasteiger partial charge in [-0.1, -0.05) is 17.7 Å². The smallest absolute Gasteiger partial charge is 0.325 e. The molecule has 0 aliphatic heterocycles. The van der Waals surface area contributed by atoms with Crippen LogP contribution in [0, 0.1) is 13.8 Å². The van der Waals surface area contributed by atoms with Crippen LogP contribution in [0.3, 0.4) is 0 Å². The molecule has 0 bridgehead atoms. The van der Waals surface area contributed by atoms with Crippen molar-refractivity contribution < 1.29 is 14.3 Å². The van der Waals surface area contributed by atoms with Crippen LogP contribution in [0.2, 0.25) is 0 Å². The molecule has 0 spiro atoms. The Hall–Kier alpha value is -1.84. The van der Waals surface area contributed by atoms with Crippen LogP contribution in [-0.4, -0.2) is 37.0 Å². The molecule has 0 saturated heterocycles. The van der Waals surface area contributed by atoms with Gasteiger partial charge in [-0.3, -0.25) is 9.59 Å². The lowest BCUT2D eigenvalue weighted by Gasteiger charge is -2.17. The molecule has 1 aromatic carbocycles. The number of benzene rings is 1. The Morgan fingerprint density at radius 3 is 2.56 bits per heavy atom. The minimum atomic E-state index is -0.390. The highest BCUT2D eigenvalue weighted by Gasteiger charge is 2.17. The van der Waals surface area contributed by atoms with Crippen LogP contribution in [-0.2, 0) is 9.53 Å². The summed E-state index contributed by atoms with van der Waals surface area (Å²) >= 11 is 0. The SMILES string of the molecule is CCOC(=O)CN(C)C(=O)c1cc(C)ccc1C. The molecule has 0 unspecified atom stereocenters. The Labute approximate surface area is 108 Å². The van der Waals surface area contributed by atoms with Crippen LogP contribution in [0.4, 0.5) is 0 Å². The molecule has 0 N–H and O–H groups in total. The zero-order chi connectivity index (χ0) is 13.7. The minimum absolute atomic E-state index is 0.0277. The van der Waals surface area contributed by atoms with Crippen LogP contribution < -0.4 is 0 Å². The van der Waals surface area contributed by atoms with E-state index in [9.17, 15) is 9.59 Å². The molecular formula is C14H19NO3. The molecule has 0 radical (unpaired) electrons. The van der Waals surface area contributed by atoms with E-state index in [0.717, 1.165) is 11.1 Å². The Balaban J connectivity index is 2.80. The first-order chi connectivity index (χ1) is 8.45. The number of amides is 1. The van der Waals surface area contributed by atoms with Crippen LogP contribution in [0.15, 0.2) is 18.2 Å². The number of carbonyl (C=O) groups excluding carboxylic acids is 2.